The van der Waals surface area contributed by atoms with Gasteiger partial charge in [-0.15, -0.1) is 0 Å². The Morgan fingerprint density at radius 2 is 1.84 bits per heavy atom. The molecule has 2 N–H and O–H groups in total. The number of alkyl halides is 4. The van der Waals surface area contributed by atoms with E-state index in [0.717, 1.165) is 12.1 Å². The van der Waals surface area contributed by atoms with Gasteiger partial charge in [0.05, 0.1) is 23.4 Å². The number of hydrogen-bond acceptors (Lipinski definition) is 4. The fourth-order valence-corrected chi connectivity index (χ4v) is 4.19. The maximum Gasteiger partial charge on any atom is 0.390 e. The lowest BCUT2D eigenvalue weighted by Gasteiger charge is -2.41. The van der Waals surface area contributed by atoms with Crippen LogP contribution in [0.3, 0.4) is 0 Å². The highest BCUT2D eigenvalue weighted by Crippen LogP contribution is 2.32. The van der Waals surface area contributed by atoms with Crippen LogP contribution in [-0.4, -0.2) is 61.8 Å². The highest BCUT2D eigenvalue weighted by atomic mass is 35.5. The van der Waals surface area contributed by atoms with E-state index in [1.807, 2.05) is 4.90 Å². The zero-order chi connectivity index (χ0) is 27.3. The predicted octanol–water partition coefficient (Wildman–Crippen LogP) is 4.92. The van der Waals surface area contributed by atoms with Crippen LogP contribution in [0.25, 0.3) is 0 Å². The topological polar surface area (TPSA) is 64.7 Å². The molecule has 1 aliphatic rings. The van der Waals surface area contributed by atoms with Gasteiger partial charge in [-0.25, -0.2) is 13.2 Å². The lowest BCUT2D eigenvalue weighted by molar-refractivity contribution is -0.139. The van der Waals surface area contributed by atoms with E-state index in [-0.39, 0.29) is 23.8 Å². The average Bonchev–Trinajstić information content (AvgIpc) is 2.84. The highest BCUT2D eigenvalue weighted by Gasteiger charge is 2.31. The second-order valence-corrected chi connectivity index (χ2v) is 9.06. The van der Waals surface area contributed by atoms with E-state index < -0.39 is 54.8 Å². The van der Waals surface area contributed by atoms with Crippen LogP contribution in [0.5, 0.6) is 0 Å². The summed E-state index contributed by atoms with van der Waals surface area (Å²) in [6.07, 6.45) is -5.17. The first kappa shape index (κ1) is 28.6. The summed E-state index contributed by atoms with van der Waals surface area (Å²) in [4.78, 5) is 27.4. The molecule has 0 bridgehead atoms. The zero-order valence-electron chi connectivity index (χ0n) is 19.8. The van der Waals surface area contributed by atoms with Crippen molar-refractivity contribution >= 4 is 34.8 Å². The molecule has 2 aromatic rings. The summed E-state index contributed by atoms with van der Waals surface area (Å²) >= 11 is 6.14. The van der Waals surface area contributed by atoms with Gasteiger partial charge >= 0.3 is 6.18 Å². The molecule has 0 aromatic heterocycles. The van der Waals surface area contributed by atoms with E-state index in [4.69, 9.17) is 11.6 Å². The van der Waals surface area contributed by atoms with Crippen molar-refractivity contribution in [2.45, 2.75) is 32.1 Å². The van der Waals surface area contributed by atoms with Gasteiger partial charge in [-0.05, 0) is 31.2 Å². The molecule has 1 aliphatic heterocycles. The van der Waals surface area contributed by atoms with Crippen LogP contribution >= 0.6 is 11.6 Å². The van der Waals surface area contributed by atoms with E-state index in [1.54, 1.807) is 17.9 Å². The van der Waals surface area contributed by atoms with Crippen LogP contribution in [0, 0.1) is 11.6 Å². The number of piperazine rings is 1. The monoisotopic (exact) mass is 550 g/mol. The quantitative estimate of drug-likeness (QED) is 0.458. The third-order valence-corrected chi connectivity index (χ3v) is 6.24. The Kier molecular flexibility index (Phi) is 9.30. The first-order chi connectivity index (χ1) is 17.4. The van der Waals surface area contributed by atoms with Gasteiger partial charge in [-0.3, -0.25) is 14.5 Å². The maximum absolute atomic E-state index is 14.7. The molecule has 13 heteroatoms. The summed E-state index contributed by atoms with van der Waals surface area (Å²) in [6.45, 7) is 0.947. The number of benzene rings is 2. The number of halogens is 7. The number of carbonyl (C=O) groups is 2. The van der Waals surface area contributed by atoms with Crippen molar-refractivity contribution in [1.29, 1.82) is 0 Å². The second kappa shape index (κ2) is 12.0. The van der Waals surface area contributed by atoms with Crippen molar-refractivity contribution in [3.8, 4) is 0 Å². The van der Waals surface area contributed by atoms with Gasteiger partial charge in [0.2, 0.25) is 0 Å². The smallest absolute Gasteiger partial charge is 0.367 e. The number of carbonyl (C=O) groups excluding carboxylic acids is 2. The first-order valence-corrected chi connectivity index (χ1v) is 11.7. The standard InChI is InChI=1S/C24H25ClF6N4O2/c1-14-13-35(9-8-34(14)7-6-24(29,30)31)19-10-16(25)3-5-18(19)33-23(37)17-4-2-15(21(27)22(17)28)12-32-20(36)11-26/h2-5,10,14H,6-9,11-13H2,1H3,(H,32,36)(H,33,37)/t14-/m1/s1. The van der Waals surface area contributed by atoms with Crippen molar-refractivity contribution in [3.63, 3.8) is 0 Å². The molecule has 3 rings (SSSR count). The fourth-order valence-electron chi connectivity index (χ4n) is 4.02. The van der Waals surface area contributed by atoms with Gasteiger partial charge in [0.1, 0.15) is 0 Å². The summed E-state index contributed by atoms with van der Waals surface area (Å²) in [6, 6.07) is 6.49. The van der Waals surface area contributed by atoms with Gasteiger partial charge in [-0.1, -0.05) is 17.7 Å². The molecule has 1 atom stereocenters. The van der Waals surface area contributed by atoms with Gasteiger partial charge < -0.3 is 15.5 Å². The third kappa shape index (κ3) is 7.51. The normalized spacial score (nSPS) is 16.5. The van der Waals surface area contributed by atoms with Crippen LogP contribution in [0.15, 0.2) is 30.3 Å². The minimum absolute atomic E-state index is 0.129. The van der Waals surface area contributed by atoms with E-state index >= 15 is 0 Å². The Morgan fingerprint density at radius 3 is 2.49 bits per heavy atom. The minimum Gasteiger partial charge on any atom is -0.367 e. The van der Waals surface area contributed by atoms with E-state index in [1.165, 1.54) is 12.1 Å². The summed E-state index contributed by atoms with van der Waals surface area (Å²) in [5.74, 6) is -4.73. The van der Waals surface area contributed by atoms with E-state index in [9.17, 15) is 35.9 Å². The Hall–Kier alpha value is -2.99. The molecule has 1 saturated heterocycles. The molecule has 2 amide bonds. The minimum atomic E-state index is -4.25. The second-order valence-electron chi connectivity index (χ2n) is 8.62. The van der Waals surface area contributed by atoms with Crippen molar-refractivity contribution < 1.29 is 35.9 Å². The third-order valence-electron chi connectivity index (χ3n) is 6.00. The van der Waals surface area contributed by atoms with Crippen molar-refractivity contribution in [1.82, 2.24) is 10.2 Å². The largest absolute Gasteiger partial charge is 0.390 e. The summed E-state index contributed by atoms with van der Waals surface area (Å²) in [7, 11) is 0. The molecule has 0 saturated carbocycles. The molecule has 37 heavy (non-hydrogen) atoms. The lowest BCUT2D eigenvalue weighted by atomic mass is 10.1. The highest BCUT2D eigenvalue weighted by molar-refractivity contribution is 6.31. The molecule has 1 fully saturated rings. The van der Waals surface area contributed by atoms with Gasteiger partial charge in [-0.2, -0.15) is 13.2 Å². The molecular formula is C24H25ClF6N4O2. The number of nitrogens with zero attached hydrogens (tertiary/aromatic N) is 2. The van der Waals surface area contributed by atoms with Gasteiger partial charge in [0, 0.05) is 49.4 Å². The number of anilines is 2. The summed E-state index contributed by atoms with van der Waals surface area (Å²) < 4.78 is 79.3. The summed E-state index contributed by atoms with van der Waals surface area (Å²) in [5, 5.41) is 4.96. The van der Waals surface area contributed by atoms with Crippen molar-refractivity contribution in [2.24, 2.45) is 0 Å². The molecule has 6 nitrogen and oxygen atoms in total. The molecule has 0 radical (unpaired) electrons. The molecule has 0 spiro atoms. The van der Waals surface area contributed by atoms with Crippen LogP contribution in [0.1, 0.15) is 29.3 Å². The van der Waals surface area contributed by atoms with Crippen LogP contribution in [0.4, 0.5) is 37.7 Å². The average molecular weight is 551 g/mol. The Labute approximate surface area is 214 Å². The molecule has 0 aliphatic carbocycles. The Balaban J connectivity index is 1.75. The van der Waals surface area contributed by atoms with Gasteiger partial charge in [0.25, 0.3) is 11.8 Å². The zero-order valence-corrected chi connectivity index (χ0v) is 20.5. The molecular weight excluding hydrogens is 526 g/mol. The maximum atomic E-state index is 14.7. The molecule has 0 unspecified atom stereocenters. The summed E-state index contributed by atoms with van der Waals surface area (Å²) in [5.41, 5.74) is -0.122. The van der Waals surface area contributed by atoms with E-state index in [2.05, 4.69) is 10.6 Å². The van der Waals surface area contributed by atoms with Crippen LogP contribution in [-0.2, 0) is 11.3 Å². The van der Waals surface area contributed by atoms with Crippen molar-refractivity contribution in [2.75, 3.05) is 43.1 Å². The fraction of sp³-hybridized carbons (Fsp3) is 0.417. The Bertz CT molecular complexity index is 1150. The molecule has 2 aromatic carbocycles. The molecule has 1 heterocycles. The SMILES string of the molecule is C[C@@H]1CN(c2cc(Cl)ccc2NC(=O)c2ccc(CNC(=O)CF)c(F)c2F)CCN1CCC(F)(F)F. The Morgan fingerprint density at radius 1 is 1.11 bits per heavy atom. The van der Waals surface area contributed by atoms with Gasteiger partial charge in [0.15, 0.2) is 18.3 Å². The number of nitrogens with one attached hydrogen (secondary N) is 2. The van der Waals surface area contributed by atoms with Crippen LogP contribution < -0.4 is 15.5 Å². The van der Waals surface area contributed by atoms with Crippen molar-refractivity contribution in [3.05, 3.63) is 58.1 Å². The number of amides is 2. The van der Waals surface area contributed by atoms with Crippen LogP contribution in [0.2, 0.25) is 5.02 Å². The number of rotatable bonds is 8. The lowest BCUT2D eigenvalue weighted by Crippen LogP contribution is -2.52. The number of hydrogen-bond donors (Lipinski definition) is 2. The first-order valence-electron chi connectivity index (χ1n) is 11.4. The van der Waals surface area contributed by atoms with E-state index in [0.29, 0.717) is 30.3 Å². The molecule has 202 valence electrons. The predicted molar refractivity (Wildman–Crippen MR) is 128 cm³/mol.